The first-order chi connectivity index (χ1) is 18.3. The van der Waals surface area contributed by atoms with Crippen molar-refractivity contribution >= 4 is 57.0 Å². The summed E-state index contributed by atoms with van der Waals surface area (Å²) in [6.07, 6.45) is 0.565. The highest BCUT2D eigenvalue weighted by atomic mass is 35.5. The van der Waals surface area contributed by atoms with Crippen molar-refractivity contribution in [2.24, 2.45) is 0 Å². The second-order valence-corrected chi connectivity index (χ2v) is 11.0. The highest BCUT2D eigenvalue weighted by Gasteiger charge is 2.41. The van der Waals surface area contributed by atoms with E-state index in [1.165, 1.54) is 11.0 Å². The lowest BCUT2D eigenvalue weighted by Crippen LogP contribution is -2.52. The average molecular weight is 557 g/mol. The number of aromatic nitrogens is 1. The SMILES string of the molecule is O=C1CC[C@H](N2Cc3ccc(CNC(=O)OC4CC(c5c(Cl)ccc6scnc56)C4)c(F)c3C2=O)C(=O)N1. The maximum absolute atomic E-state index is 15.3. The number of benzene rings is 2. The first-order valence-corrected chi connectivity index (χ1v) is 13.5. The Morgan fingerprint density at radius 2 is 2.05 bits per heavy atom. The zero-order valence-corrected chi connectivity index (χ0v) is 21.5. The topological polar surface area (TPSA) is 118 Å². The quantitative estimate of drug-likeness (QED) is 0.458. The number of imide groups is 1. The van der Waals surface area contributed by atoms with E-state index in [2.05, 4.69) is 15.6 Å². The molecule has 1 aromatic heterocycles. The molecule has 6 rings (SSSR count). The Morgan fingerprint density at radius 3 is 2.84 bits per heavy atom. The molecule has 3 aliphatic rings. The van der Waals surface area contributed by atoms with Crippen molar-refractivity contribution in [2.45, 2.75) is 56.8 Å². The summed E-state index contributed by atoms with van der Waals surface area (Å²) in [7, 11) is 0. The van der Waals surface area contributed by atoms with Gasteiger partial charge in [-0.2, -0.15) is 0 Å². The van der Waals surface area contributed by atoms with Crippen molar-refractivity contribution in [1.29, 1.82) is 0 Å². The lowest BCUT2D eigenvalue weighted by molar-refractivity contribution is -0.136. The van der Waals surface area contributed by atoms with Gasteiger partial charge >= 0.3 is 6.09 Å². The van der Waals surface area contributed by atoms with Gasteiger partial charge in [-0.05, 0) is 42.9 Å². The van der Waals surface area contributed by atoms with Crippen LogP contribution in [0.15, 0.2) is 29.8 Å². The minimum absolute atomic E-state index is 0.0780. The summed E-state index contributed by atoms with van der Waals surface area (Å²) in [4.78, 5) is 54.7. The van der Waals surface area contributed by atoms with Gasteiger partial charge in [-0.25, -0.2) is 14.2 Å². The molecule has 1 saturated heterocycles. The second kappa shape index (κ2) is 9.63. The third kappa shape index (κ3) is 4.29. The zero-order valence-electron chi connectivity index (χ0n) is 20.0. The Hall–Kier alpha value is -3.57. The minimum Gasteiger partial charge on any atom is -0.446 e. The molecule has 2 N–H and O–H groups in total. The number of carbonyl (C=O) groups is 4. The van der Waals surface area contributed by atoms with E-state index in [1.807, 2.05) is 12.1 Å². The average Bonchev–Trinajstić information content (AvgIpc) is 3.46. The lowest BCUT2D eigenvalue weighted by atomic mass is 9.77. The van der Waals surface area contributed by atoms with Crippen LogP contribution in [0.3, 0.4) is 0 Å². The summed E-state index contributed by atoms with van der Waals surface area (Å²) < 4.78 is 21.8. The number of nitrogens with one attached hydrogen (secondary N) is 2. The van der Waals surface area contributed by atoms with Crippen LogP contribution in [0.1, 0.15) is 58.6 Å². The van der Waals surface area contributed by atoms with E-state index in [4.69, 9.17) is 16.3 Å². The maximum Gasteiger partial charge on any atom is 0.407 e. The molecular formula is C26H22ClFN4O5S. The molecule has 4 amide bonds. The molecule has 0 unspecified atom stereocenters. The Labute approximate surface area is 225 Å². The molecule has 3 aromatic rings. The first kappa shape index (κ1) is 24.7. The molecule has 0 bridgehead atoms. The molecule has 12 heteroatoms. The lowest BCUT2D eigenvalue weighted by Gasteiger charge is -2.35. The van der Waals surface area contributed by atoms with Crippen LogP contribution in [-0.2, 0) is 27.4 Å². The standard InChI is InChI=1S/C26H22ClFN4O5S/c27-16-3-5-18-23(30-11-38-18)20(16)14-7-15(8-14)37-26(36)29-9-12-1-2-13-10-32(25(35)21(13)22(12)28)17-4-6-19(33)31-24(17)34/h1-3,5,11,14-15,17H,4,6-10H2,(H,29,36)(H,31,33,34)/t14?,15?,17-/m0/s1. The van der Waals surface area contributed by atoms with Crippen molar-refractivity contribution < 1.29 is 28.3 Å². The van der Waals surface area contributed by atoms with Crippen LogP contribution in [0.4, 0.5) is 9.18 Å². The summed E-state index contributed by atoms with van der Waals surface area (Å²) in [5.74, 6) is -2.15. The molecule has 1 atom stereocenters. The Kier molecular flexibility index (Phi) is 6.27. The predicted octanol–water partition coefficient (Wildman–Crippen LogP) is 4.02. The van der Waals surface area contributed by atoms with Gasteiger partial charge in [-0.1, -0.05) is 23.7 Å². The Morgan fingerprint density at radius 1 is 1.24 bits per heavy atom. The molecular weight excluding hydrogens is 535 g/mol. The van der Waals surface area contributed by atoms with Crippen molar-refractivity contribution in [3.05, 3.63) is 62.9 Å². The van der Waals surface area contributed by atoms with E-state index < -0.39 is 29.8 Å². The predicted molar refractivity (Wildman–Crippen MR) is 136 cm³/mol. The number of hydrogen-bond donors (Lipinski definition) is 2. The number of nitrogens with zero attached hydrogens (tertiary/aromatic N) is 2. The van der Waals surface area contributed by atoms with Crippen LogP contribution in [-0.4, -0.2) is 45.8 Å². The highest BCUT2D eigenvalue weighted by Crippen LogP contribution is 2.44. The Bertz CT molecular complexity index is 1500. The van der Waals surface area contributed by atoms with Crippen LogP contribution in [0.5, 0.6) is 0 Å². The summed E-state index contributed by atoms with van der Waals surface area (Å²) in [6, 6.07) is 6.09. The van der Waals surface area contributed by atoms with Crippen LogP contribution in [0.2, 0.25) is 5.02 Å². The number of rotatable bonds is 5. The summed E-state index contributed by atoms with van der Waals surface area (Å²) in [5, 5.41) is 5.43. The number of thiazole rings is 1. The number of fused-ring (bicyclic) bond motifs is 2. The molecule has 0 spiro atoms. The number of carbonyl (C=O) groups excluding carboxylic acids is 4. The van der Waals surface area contributed by atoms with Gasteiger partial charge in [0.05, 0.1) is 21.3 Å². The van der Waals surface area contributed by atoms with E-state index in [0.717, 1.165) is 15.8 Å². The minimum atomic E-state index is -0.827. The first-order valence-electron chi connectivity index (χ1n) is 12.2. The molecule has 2 aliphatic heterocycles. The van der Waals surface area contributed by atoms with Crippen LogP contribution >= 0.6 is 22.9 Å². The van der Waals surface area contributed by atoms with Gasteiger partial charge in [0.2, 0.25) is 11.8 Å². The van der Waals surface area contributed by atoms with Crippen molar-refractivity contribution in [1.82, 2.24) is 20.5 Å². The number of piperidine rings is 1. The number of halogens is 2. The summed E-state index contributed by atoms with van der Waals surface area (Å²) >= 11 is 7.96. The molecule has 0 radical (unpaired) electrons. The fourth-order valence-corrected chi connectivity index (χ4v) is 6.36. The van der Waals surface area contributed by atoms with Gasteiger partial charge in [-0.3, -0.25) is 19.7 Å². The van der Waals surface area contributed by atoms with Crippen LogP contribution in [0.25, 0.3) is 10.2 Å². The third-order valence-corrected chi connectivity index (χ3v) is 8.52. The van der Waals surface area contributed by atoms with Gasteiger partial charge < -0.3 is 15.0 Å². The fourth-order valence-electron chi connectivity index (χ4n) is 5.36. The largest absolute Gasteiger partial charge is 0.446 e. The molecule has 2 aromatic carbocycles. The van der Waals surface area contributed by atoms with E-state index in [9.17, 15) is 19.2 Å². The maximum atomic E-state index is 15.3. The molecule has 38 heavy (non-hydrogen) atoms. The normalized spacial score (nSPS) is 22.7. The zero-order chi connectivity index (χ0) is 26.6. The molecule has 2 fully saturated rings. The van der Waals surface area contributed by atoms with Crippen molar-refractivity contribution in [3.63, 3.8) is 0 Å². The third-order valence-electron chi connectivity index (χ3n) is 7.40. The van der Waals surface area contributed by atoms with Crippen molar-refractivity contribution in [2.75, 3.05) is 0 Å². The smallest absolute Gasteiger partial charge is 0.407 e. The van der Waals surface area contributed by atoms with Crippen molar-refractivity contribution in [3.8, 4) is 0 Å². The fraction of sp³-hybridized carbons (Fsp3) is 0.346. The number of amides is 4. The van der Waals surface area contributed by atoms with E-state index in [1.54, 1.807) is 22.9 Å². The summed E-state index contributed by atoms with van der Waals surface area (Å²) in [5.41, 5.74) is 4.11. The van der Waals surface area contributed by atoms with Gasteiger partial charge in [0, 0.05) is 35.7 Å². The van der Waals surface area contributed by atoms with E-state index >= 15 is 4.39 Å². The van der Waals surface area contributed by atoms with E-state index in [0.29, 0.717) is 23.4 Å². The Balaban J connectivity index is 1.05. The number of ether oxygens (including phenoxy) is 1. The number of hydrogen-bond acceptors (Lipinski definition) is 7. The van der Waals surface area contributed by atoms with Gasteiger partial charge in [0.25, 0.3) is 5.91 Å². The van der Waals surface area contributed by atoms with Crippen LogP contribution in [0, 0.1) is 5.82 Å². The van der Waals surface area contributed by atoms with Gasteiger partial charge in [-0.15, -0.1) is 11.3 Å². The second-order valence-electron chi connectivity index (χ2n) is 9.68. The molecule has 1 aliphatic carbocycles. The van der Waals surface area contributed by atoms with Gasteiger partial charge in [0.1, 0.15) is 18.0 Å². The number of alkyl carbamates (subject to hydrolysis) is 1. The summed E-state index contributed by atoms with van der Waals surface area (Å²) in [6.45, 7) is -0.0850. The molecule has 1 saturated carbocycles. The molecule has 196 valence electrons. The van der Waals surface area contributed by atoms with Gasteiger partial charge in [0.15, 0.2) is 0 Å². The highest BCUT2D eigenvalue weighted by molar-refractivity contribution is 7.16. The van der Waals surface area contributed by atoms with E-state index in [-0.39, 0.29) is 55.0 Å². The molecule has 9 nitrogen and oxygen atoms in total. The monoisotopic (exact) mass is 556 g/mol. The van der Waals surface area contributed by atoms with Crippen LogP contribution < -0.4 is 10.6 Å². The molecule has 3 heterocycles.